The molecule has 2 aliphatic rings. The Hall–Kier alpha value is -0.180. The summed E-state index contributed by atoms with van der Waals surface area (Å²) in [5.74, 6) is 1.56. The molecular weight excluding hydrogens is 216 g/mol. The average Bonchev–Trinajstić information content (AvgIpc) is 2.83. The van der Waals surface area contributed by atoms with Crippen molar-refractivity contribution >= 4 is 17.6 Å². The van der Waals surface area contributed by atoms with Gasteiger partial charge in [0, 0.05) is 11.2 Å². The van der Waals surface area contributed by atoms with Crippen molar-refractivity contribution in [2.24, 2.45) is 16.6 Å². The van der Waals surface area contributed by atoms with Crippen molar-refractivity contribution in [1.82, 2.24) is 0 Å². The lowest BCUT2D eigenvalue weighted by Gasteiger charge is -2.28. The topological polar surface area (TPSA) is 38.4 Å². The maximum atomic E-state index is 6.17. The number of nitrogens with zero attached hydrogens (tertiary/aromatic N) is 1. The zero-order chi connectivity index (χ0) is 11.4. The third-order valence-corrected chi connectivity index (χ3v) is 5.21. The van der Waals surface area contributed by atoms with E-state index in [0.29, 0.717) is 17.2 Å². The molecule has 0 spiro atoms. The van der Waals surface area contributed by atoms with Crippen LogP contribution in [0.25, 0.3) is 0 Å². The summed E-state index contributed by atoms with van der Waals surface area (Å²) >= 11 is 1.98. The maximum Gasteiger partial charge on any atom is 0.0972 e. The summed E-state index contributed by atoms with van der Waals surface area (Å²) in [6.45, 7) is 0. The molecule has 2 atom stereocenters. The fourth-order valence-corrected chi connectivity index (χ4v) is 3.93. The van der Waals surface area contributed by atoms with Gasteiger partial charge in [-0.25, -0.2) is 0 Å². The summed E-state index contributed by atoms with van der Waals surface area (Å²) in [5, 5.41) is 0.716. The normalized spacial score (nSPS) is 33.2. The number of rotatable bonds is 3. The molecule has 92 valence electrons. The molecule has 2 aliphatic carbocycles. The van der Waals surface area contributed by atoms with Gasteiger partial charge in [0.1, 0.15) is 0 Å². The van der Waals surface area contributed by atoms with E-state index >= 15 is 0 Å². The van der Waals surface area contributed by atoms with E-state index in [0.717, 1.165) is 5.84 Å². The molecule has 0 heterocycles. The second-order valence-electron chi connectivity index (χ2n) is 5.16. The molecule has 0 radical (unpaired) electrons. The zero-order valence-corrected chi connectivity index (χ0v) is 11.1. The van der Waals surface area contributed by atoms with Gasteiger partial charge in [0.05, 0.1) is 11.9 Å². The summed E-state index contributed by atoms with van der Waals surface area (Å²) < 4.78 is 0. The molecule has 2 unspecified atom stereocenters. The highest BCUT2D eigenvalue weighted by Gasteiger charge is 2.26. The second kappa shape index (κ2) is 5.95. The fourth-order valence-electron chi connectivity index (χ4n) is 3.02. The van der Waals surface area contributed by atoms with Crippen molar-refractivity contribution in [2.75, 3.05) is 6.26 Å². The Morgan fingerprint density at radius 2 is 1.69 bits per heavy atom. The molecule has 0 aromatic carbocycles. The van der Waals surface area contributed by atoms with E-state index in [1.165, 1.54) is 51.4 Å². The highest BCUT2D eigenvalue weighted by molar-refractivity contribution is 7.99. The van der Waals surface area contributed by atoms with E-state index in [2.05, 4.69) is 6.26 Å². The highest BCUT2D eigenvalue weighted by Crippen LogP contribution is 2.31. The first-order valence-corrected chi connectivity index (χ1v) is 7.96. The van der Waals surface area contributed by atoms with Crippen LogP contribution in [0, 0.1) is 5.92 Å². The van der Waals surface area contributed by atoms with Gasteiger partial charge in [-0.05, 0) is 31.9 Å². The molecule has 2 fully saturated rings. The minimum Gasteiger partial charge on any atom is -0.387 e. The summed E-state index contributed by atoms with van der Waals surface area (Å²) in [7, 11) is 0. The lowest BCUT2D eigenvalue weighted by Crippen LogP contribution is -2.31. The van der Waals surface area contributed by atoms with E-state index in [9.17, 15) is 0 Å². The van der Waals surface area contributed by atoms with Gasteiger partial charge in [-0.3, -0.25) is 4.99 Å². The van der Waals surface area contributed by atoms with Gasteiger partial charge in [-0.15, -0.1) is 0 Å². The van der Waals surface area contributed by atoms with Crippen LogP contribution in [0.15, 0.2) is 4.99 Å². The van der Waals surface area contributed by atoms with Crippen molar-refractivity contribution in [3.8, 4) is 0 Å². The quantitative estimate of drug-likeness (QED) is 0.607. The molecule has 3 heteroatoms. The molecule has 2 saturated carbocycles. The third kappa shape index (κ3) is 2.93. The minimum absolute atomic E-state index is 0.504. The maximum absolute atomic E-state index is 6.17. The van der Waals surface area contributed by atoms with Crippen LogP contribution in [-0.2, 0) is 0 Å². The van der Waals surface area contributed by atoms with Crippen LogP contribution in [0.5, 0.6) is 0 Å². The predicted molar refractivity (Wildman–Crippen MR) is 73.1 cm³/mol. The monoisotopic (exact) mass is 240 g/mol. The Balaban J connectivity index is 1.96. The van der Waals surface area contributed by atoms with Crippen molar-refractivity contribution in [3.63, 3.8) is 0 Å². The lowest BCUT2D eigenvalue weighted by molar-refractivity contribution is 0.453. The first-order chi connectivity index (χ1) is 7.81. The molecule has 16 heavy (non-hydrogen) atoms. The van der Waals surface area contributed by atoms with Crippen LogP contribution in [-0.4, -0.2) is 23.4 Å². The molecule has 0 saturated heterocycles. The van der Waals surface area contributed by atoms with Crippen molar-refractivity contribution in [3.05, 3.63) is 0 Å². The molecule has 0 aliphatic heterocycles. The molecule has 2 N–H and O–H groups in total. The molecule has 2 rings (SSSR count). The first-order valence-electron chi connectivity index (χ1n) is 6.67. The predicted octanol–water partition coefficient (Wildman–Crippen LogP) is 3.21. The standard InChI is InChI=1S/C13H24N2S/c1-16-12-9-5-4-8-11(12)15-13(14)10-6-2-3-7-10/h10-12H,2-9H2,1H3,(H2,14,15). The van der Waals surface area contributed by atoms with Crippen LogP contribution in [0.1, 0.15) is 51.4 Å². The van der Waals surface area contributed by atoms with Gasteiger partial charge in [-0.2, -0.15) is 11.8 Å². The number of aliphatic imine (C=N–C) groups is 1. The largest absolute Gasteiger partial charge is 0.387 e. The molecule has 2 nitrogen and oxygen atoms in total. The van der Waals surface area contributed by atoms with E-state index < -0.39 is 0 Å². The molecular formula is C13H24N2S. The van der Waals surface area contributed by atoms with E-state index in [1.807, 2.05) is 11.8 Å². The van der Waals surface area contributed by atoms with Crippen LogP contribution in [0.2, 0.25) is 0 Å². The van der Waals surface area contributed by atoms with Crippen molar-refractivity contribution in [1.29, 1.82) is 0 Å². The number of hydrogen-bond acceptors (Lipinski definition) is 2. The van der Waals surface area contributed by atoms with Gasteiger partial charge in [0.2, 0.25) is 0 Å². The summed E-state index contributed by atoms with van der Waals surface area (Å²) in [4.78, 5) is 4.84. The van der Waals surface area contributed by atoms with Crippen LogP contribution in [0.4, 0.5) is 0 Å². The van der Waals surface area contributed by atoms with Crippen LogP contribution >= 0.6 is 11.8 Å². The fraction of sp³-hybridized carbons (Fsp3) is 0.923. The smallest absolute Gasteiger partial charge is 0.0972 e. The number of thioether (sulfide) groups is 1. The number of amidine groups is 1. The van der Waals surface area contributed by atoms with Crippen molar-refractivity contribution < 1.29 is 0 Å². The van der Waals surface area contributed by atoms with Gasteiger partial charge in [0.25, 0.3) is 0 Å². The molecule has 0 amide bonds. The first kappa shape index (κ1) is 12.3. The van der Waals surface area contributed by atoms with Crippen LogP contribution in [0.3, 0.4) is 0 Å². The van der Waals surface area contributed by atoms with E-state index in [4.69, 9.17) is 10.7 Å². The second-order valence-corrected chi connectivity index (χ2v) is 6.24. The number of nitrogens with two attached hydrogens (primary N) is 1. The zero-order valence-electron chi connectivity index (χ0n) is 10.3. The lowest BCUT2D eigenvalue weighted by atomic mass is 9.95. The minimum atomic E-state index is 0.504. The van der Waals surface area contributed by atoms with Gasteiger partial charge < -0.3 is 5.73 Å². The molecule has 0 aromatic heterocycles. The Labute approximate surface area is 103 Å². The van der Waals surface area contributed by atoms with Crippen molar-refractivity contribution in [2.45, 2.75) is 62.7 Å². The van der Waals surface area contributed by atoms with Gasteiger partial charge in [0.15, 0.2) is 0 Å². The summed E-state index contributed by atoms with van der Waals surface area (Å²) in [6.07, 6.45) is 12.7. The van der Waals surface area contributed by atoms with E-state index in [-0.39, 0.29) is 0 Å². The average molecular weight is 240 g/mol. The number of hydrogen-bond donors (Lipinski definition) is 1. The Kier molecular flexibility index (Phi) is 4.56. The Morgan fingerprint density at radius 3 is 2.38 bits per heavy atom. The van der Waals surface area contributed by atoms with Crippen LogP contribution < -0.4 is 5.73 Å². The Morgan fingerprint density at radius 1 is 1.06 bits per heavy atom. The van der Waals surface area contributed by atoms with Gasteiger partial charge >= 0.3 is 0 Å². The van der Waals surface area contributed by atoms with Gasteiger partial charge in [-0.1, -0.05) is 25.7 Å². The SMILES string of the molecule is CSC1CCCCC1N=C(N)C1CCCC1. The highest BCUT2D eigenvalue weighted by atomic mass is 32.2. The van der Waals surface area contributed by atoms with E-state index in [1.54, 1.807) is 0 Å². The summed E-state index contributed by atoms with van der Waals surface area (Å²) in [5.41, 5.74) is 6.17. The molecule has 0 bridgehead atoms. The summed E-state index contributed by atoms with van der Waals surface area (Å²) in [6, 6.07) is 0.504. The Bertz CT molecular complexity index is 246. The third-order valence-electron chi connectivity index (χ3n) is 4.06. The molecule has 0 aromatic rings.